The number of urea groups is 1. The molecular formula is C6H8N2O4. The molecule has 6 heteroatoms. The third kappa shape index (κ3) is 1.54. The highest BCUT2D eigenvalue weighted by Gasteiger charge is 2.30. The molecule has 3 amide bonds. The fourth-order valence-corrected chi connectivity index (χ4v) is 0.852. The summed E-state index contributed by atoms with van der Waals surface area (Å²) >= 11 is 0. The maximum absolute atomic E-state index is 10.8. The van der Waals surface area contributed by atoms with Gasteiger partial charge in [0.2, 0.25) is 5.91 Å². The number of imide groups is 1. The summed E-state index contributed by atoms with van der Waals surface area (Å²) in [6, 6.07) is -0.661. The van der Waals surface area contributed by atoms with Gasteiger partial charge >= 0.3 is 6.03 Å². The van der Waals surface area contributed by atoms with E-state index in [0.717, 1.165) is 11.0 Å². The Balaban J connectivity index is 2.63. The van der Waals surface area contributed by atoms with E-state index in [0.29, 0.717) is 6.26 Å². The lowest BCUT2D eigenvalue weighted by atomic mass is 10.4. The van der Waals surface area contributed by atoms with E-state index in [4.69, 9.17) is 10.2 Å². The van der Waals surface area contributed by atoms with Gasteiger partial charge in [-0.2, -0.15) is 0 Å². The normalized spacial score (nSPS) is 20.2. The molecule has 0 aromatic carbocycles. The lowest BCUT2D eigenvalue weighted by Crippen LogP contribution is -2.36. The molecule has 0 aromatic rings. The van der Waals surface area contributed by atoms with Gasteiger partial charge in [0.05, 0.1) is 6.26 Å². The standard InChI is InChI=1S/C6H8N2O4/c9-2-1-5(11)8-3-4(10)7-6(8)12/h1-2,5,9,11H,3H2,(H,7,10,12). The third-order valence-electron chi connectivity index (χ3n) is 1.40. The Morgan fingerprint density at radius 2 is 2.25 bits per heavy atom. The highest BCUT2D eigenvalue weighted by atomic mass is 16.3. The van der Waals surface area contributed by atoms with Gasteiger partial charge in [-0.05, 0) is 6.08 Å². The minimum absolute atomic E-state index is 0.190. The van der Waals surface area contributed by atoms with Crippen molar-refractivity contribution < 1.29 is 19.8 Å². The van der Waals surface area contributed by atoms with Gasteiger partial charge in [-0.1, -0.05) is 0 Å². The van der Waals surface area contributed by atoms with Crippen LogP contribution in [0.5, 0.6) is 0 Å². The molecule has 6 nitrogen and oxygen atoms in total. The van der Waals surface area contributed by atoms with Gasteiger partial charge in [-0.25, -0.2) is 4.79 Å². The van der Waals surface area contributed by atoms with Crippen molar-refractivity contribution in [2.75, 3.05) is 6.54 Å². The largest absolute Gasteiger partial charge is 0.516 e. The van der Waals surface area contributed by atoms with Crippen molar-refractivity contribution in [2.24, 2.45) is 0 Å². The maximum atomic E-state index is 10.8. The molecule has 1 rings (SSSR count). The molecule has 0 saturated carbocycles. The van der Waals surface area contributed by atoms with Gasteiger partial charge in [-0.3, -0.25) is 15.0 Å². The van der Waals surface area contributed by atoms with Gasteiger partial charge in [0.15, 0.2) is 6.23 Å². The number of hydrogen-bond acceptors (Lipinski definition) is 4. The second kappa shape index (κ2) is 3.22. The lowest BCUT2D eigenvalue weighted by Gasteiger charge is -2.16. The van der Waals surface area contributed by atoms with Crippen LogP contribution in [0, 0.1) is 0 Å². The van der Waals surface area contributed by atoms with E-state index in [1.807, 2.05) is 5.32 Å². The Morgan fingerprint density at radius 1 is 1.58 bits per heavy atom. The fourth-order valence-electron chi connectivity index (χ4n) is 0.852. The number of carbonyl (C=O) groups is 2. The summed E-state index contributed by atoms with van der Waals surface area (Å²) in [5.74, 6) is -0.467. The Labute approximate surface area is 68.1 Å². The molecule has 0 radical (unpaired) electrons. The molecule has 3 N–H and O–H groups in total. The molecule has 1 aliphatic heterocycles. The van der Waals surface area contributed by atoms with Gasteiger partial charge in [0, 0.05) is 0 Å². The molecule has 1 saturated heterocycles. The maximum Gasteiger partial charge on any atom is 0.326 e. The van der Waals surface area contributed by atoms with Crippen LogP contribution in [0.4, 0.5) is 4.79 Å². The molecule has 1 atom stereocenters. The van der Waals surface area contributed by atoms with Crippen molar-refractivity contribution in [3.63, 3.8) is 0 Å². The second-order valence-corrected chi connectivity index (χ2v) is 2.24. The average molecular weight is 172 g/mol. The molecule has 1 fully saturated rings. The van der Waals surface area contributed by atoms with Crippen LogP contribution in [-0.2, 0) is 4.79 Å². The van der Waals surface area contributed by atoms with E-state index >= 15 is 0 Å². The summed E-state index contributed by atoms with van der Waals surface area (Å²) in [5, 5.41) is 19.3. The molecule has 0 aliphatic carbocycles. The van der Waals surface area contributed by atoms with Gasteiger partial charge in [0.1, 0.15) is 6.54 Å². The summed E-state index contributed by atoms with van der Waals surface area (Å²) in [5.41, 5.74) is 0. The van der Waals surface area contributed by atoms with Crippen molar-refractivity contribution in [2.45, 2.75) is 6.23 Å². The molecule has 0 spiro atoms. The van der Waals surface area contributed by atoms with Gasteiger partial charge in [-0.15, -0.1) is 0 Å². The number of hydrogen-bond donors (Lipinski definition) is 3. The first-order valence-electron chi connectivity index (χ1n) is 3.24. The number of aliphatic hydroxyl groups excluding tert-OH is 2. The van der Waals surface area contributed by atoms with Gasteiger partial charge in [0.25, 0.3) is 0 Å². The van der Waals surface area contributed by atoms with Crippen LogP contribution in [0.25, 0.3) is 0 Å². The zero-order valence-corrected chi connectivity index (χ0v) is 6.10. The predicted octanol–water partition coefficient (Wildman–Crippen LogP) is -1.07. The van der Waals surface area contributed by atoms with Crippen molar-refractivity contribution in [3.8, 4) is 0 Å². The van der Waals surface area contributed by atoms with E-state index in [-0.39, 0.29) is 6.54 Å². The molecule has 1 aliphatic rings. The summed E-state index contributed by atoms with van der Waals surface area (Å²) < 4.78 is 0. The molecule has 66 valence electrons. The first kappa shape index (κ1) is 8.54. The second-order valence-electron chi connectivity index (χ2n) is 2.24. The Kier molecular flexibility index (Phi) is 2.29. The summed E-state index contributed by atoms with van der Waals surface area (Å²) in [4.78, 5) is 22.3. The smallest absolute Gasteiger partial charge is 0.326 e. The van der Waals surface area contributed by atoms with E-state index < -0.39 is 18.2 Å². The SMILES string of the molecule is O=C1CN(C(O)C=CO)C(=O)N1. The molecule has 0 aromatic heterocycles. The number of rotatable bonds is 2. The van der Waals surface area contributed by atoms with Crippen LogP contribution in [0.2, 0.25) is 0 Å². The molecular weight excluding hydrogens is 164 g/mol. The molecule has 12 heavy (non-hydrogen) atoms. The fraction of sp³-hybridized carbons (Fsp3) is 0.333. The van der Waals surface area contributed by atoms with Crippen molar-refractivity contribution >= 4 is 11.9 Å². The van der Waals surface area contributed by atoms with Crippen molar-refractivity contribution in [1.29, 1.82) is 0 Å². The van der Waals surface area contributed by atoms with Crippen LogP contribution in [-0.4, -0.2) is 39.8 Å². The van der Waals surface area contributed by atoms with Gasteiger partial charge < -0.3 is 10.2 Å². The van der Waals surface area contributed by atoms with Crippen LogP contribution in [0.3, 0.4) is 0 Å². The minimum Gasteiger partial charge on any atom is -0.516 e. The third-order valence-corrected chi connectivity index (χ3v) is 1.40. The quantitative estimate of drug-likeness (QED) is 0.365. The highest BCUT2D eigenvalue weighted by molar-refractivity contribution is 6.02. The van der Waals surface area contributed by atoms with E-state index in [1.54, 1.807) is 0 Å². The van der Waals surface area contributed by atoms with E-state index in [2.05, 4.69) is 0 Å². The van der Waals surface area contributed by atoms with E-state index in [9.17, 15) is 9.59 Å². The number of aliphatic hydroxyl groups is 2. The monoisotopic (exact) mass is 172 g/mol. The van der Waals surface area contributed by atoms with Crippen LogP contribution in [0.15, 0.2) is 12.3 Å². The number of amides is 3. The van der Waals surface area contributed by atoms with Crippen molar-refractivity contribution in [1.82, 2.24) is 10.2 Å². The summed E-state index contributed by atoms with van der Waals surface area (Å²) in [6.45, 7) is -0.190. The minimum atomic E-state index is -1.26. The molecule has 1 heterocycles. The molecule has 1 unspecified atom stereocenters. The number of nitrogens with one attached hydrogen (secondary N) is 1. The molecule has 0 bridgehead atoms. The average Bonchev–Trinajstić information content (AvgIpc) is 2.30. The summed E-state index contributed by atoms with van der Waals surface area (Å²) in [6.07, 6.45) is 0.334. The number of carbonyl (C=O) groups excluding carboxylic acids is 2. The van der Waals surface area contributed by atoms with E-state index in [1.165, 1.54) is 0 Å². The number of nitrogens with zero attached hydrogens (tertiary/aromatic N) is 1. The van der Waals surface area contributed by atoms with Crippen molar-refractivity contribution in [3.05, 3.63) is 12.3 Å². The van der Waals surface area contributed by atoms with Crippen LogP contribution < -0.4 is 5.32 Å². The predicted molar refractivity (Wildman–Crippen MR) is 38.0 cm³/mol. The topological polar surface area (TPSA) is 89.9 Å². The summed E-state index contributed by atoms with van der Waals surface area (Å²) in [7, 11) is 0. The zero-order valence-electron chi connectivity index (χ0n) is 6.10. The first-order chi connectivity index (χ1) is 5.65. The zero-order chi connectivity index (χ0) is 9.14. The highest BCUT2D eigenvalue weighted by Crippen LogP contribution is 2.03. The Hall–Kier alpha value is -1.56. The Morgan fingerprint density at radius 3 is 2.67 bits per heavy atom. The Bertz CT molecular complexity index is 238. The van der Waals surface area contributed by atoms with Crippen LogP contribution >= 0.6 is 0 Å². The van der Waals surface area contributed by atoms with Crippen LogP contribution in [0.1, 0.15) is 0 Å². The first-order valence-corrected chi connectivity index (χ1v) is 3.24. The lowest BCUT2D eigenvalue weighted by molar-refractivity contribution is -0.119.